The second-order valence-electron chi connectivity index (χ2n) is 9.97. The number of hydrogen-bond donors (Lipinski definition) is 0. The van der Waals surface area contributed by atoms with E-state index in [1.165, 1.54) is 23.8 Å². The standard InChI is InChI=1S/C32H36N2O6S/c1-7-10-24-28(31(37)39-9-3)29(23-14-12-22(13-15-23)19(4)5)34-30(36)27(41-32(34)33-24)18-21-11-16-25(40-20(6)35)26(17-21)38-8-2/h11-19,29H,7-10H2,1-6H3/b27-18-/t29-/m1/s1. The number of rotatable bonds is 10. The van der Waals surface area contributed by atoms with E-state index in [1.54, 1.807) is 35.8 Å². The molecule has 9 heteroatoms. The smallest absolute Gasteiger partial charge is 0.338 e. The summed E-state index contributed by atoms with van der Waals surface area (Å²) in [5.41, 5.74) is 3.46. The van der Waals surface area contributed by atoms with E-state index < -0.39 is 18.0 Å². The lowest BCUT2D eigenvalue weighted by Gasteiger charge is -2.26. The van der Waals surface area contributed by atoms with E-state index in [-0.39, 0.29) is 12.2 Å². The third-order valence-electron chi connectivity index (χ3n) is 6.63. The molecule has 1 atom stereocenters. The minimum atomic E-state index is -0.666. The number of ether oxygens (including phenoxy) is 3. The fourth-order valence-corrected chi connectivity index (χ4v) is 5.79. The molecule has 8 nitrogen and oxygen atoms in total. The van der Waals surface area contributed by atoms with Gasteiger partial charge in [0.15, 0.2) is 16.3 Å². The van der Waals surface area contributed by atoms with E-state index in [4.69, 9.17) is 19.2 Å². The van der Waals surface area contributed by atoms with Crippen molar-refractivity contribution in [2.24, 2.45) is 4.99 Å². The molecule has 1 aromatic heterocycles. The third kappa shape index (κ3) is 6.51. The molecular weight excluding hydrogens is 540 g/mol. The van der Waals surface area contributed by atoms with Gasteiger partial charge in [-0.05, 0) is 61.1 Å². The molecule has 0 fully saturated rings. The Hall–Kier alpha value is -3.98. The topological polar surface area (TPSA) is 96.2 Å². The summed E-state index contributed by atoms with van der Waals surface area (Å²) < 4.78 is 18.5. The van der Waals surface area contributed by atoms with Crippen LogP contribution in [0.4, 0.5) is 0 Å². The minimum Gasteiger partial charge on any atom is -0.490 e. The Bertz CT molecular complexity index is 1650. The second-order valence-corrected chi connectivity index (χ2v) is 11.0. The van der Waals surface area contributed by atoms with Crippen molar-refractivity contribution in [3.05, 3.63) is 90.1 Å². The van der Waals surface area contributed by atoms with E-state index in [0.717, 1.165) is 12.0 Å². The van der Waals surface area contributed by atoms with E-state index in [9.17, 15) is 14.4 Å². The number of carbonyl (C=O) groups is 2. The number of fused-ring (bicyclic) bond motifs is 1. The van der Waals surface area contributed by atoms with Crippen molar-refractivity contribution in [3.8, 4) is 11.5 Å². The van der Waals surface area contributed by atoms with Crippen molar-refractivity contribution < 1.29 is 23.8 Å². The molecule has 1 aliphatic heterocycles. The first-order chi connectivity index (χ1) is 19.7. The fourth-order valence-electron chi connectivity index (χ4n) is 4.77. The molecule has 216 valence electrons. The van der Waals surface area contributed by atoms with Crippen molar-refractivity contribution in [1.82, 2.24) is 4.57 Å². The third-order valence-corrected chi connectivity index (χ3v) is 7.61. The number of thiazole rings is 1. The average molecular weight is 577 g/mol. The highest BCUT2D eigenvalue weighted by Gasteiger charge is 2.34. The van der Waals surface area contributed by atoms with E-state index >= 15 is 0 Å². The lowest BCUT2D eigenvalue weighted by Crippen LogP contribution is -2.40. The zero-order valence-electron chi connectivity index (χ0n) is 24.4. The molecule has 0 unspecified atom stereocenters. The Morgan fingerprint density at radius 2 is 1.78 bits per heavy atom. The molecule has 0 saturated carbocycles. The van der Waals surface area contributed by atoms with Gasteiger partial charge in [0.2, 0.25) is 0 Å². The van der Waals surface area contributed by atoms with Gasteiger partial charge in [-0.2, -0.15) is 0 Å². The molecular formula is C32H36N2O6S. The van der Waals surface area contributed by atoms with Gasteiger partial charge in [0, 0.05) is 6.92 Å². The predicted molar refractivity (Wildman–Crippen MR) is 159 cm³/mol. The molecule has 1 aliphatic rings. The van der Waals surface area contributed by atoms with Crippen LogP contribution in [-0.2, 0) is 14.3 Å². The lowest BCUT2D eigenvalue weighted by atomic mass is 9.92. The Kier molecular flexibility index (Phi) is 9.60. The van der Waals surface area contributed by atoms with Crippen molar-refractivity contribution in [1.29, 1.82) is 0 Å². The molecule has 3 aromatic rings. The lowest BCUT2D eigenvalue weighted by molar-refractivity contribution is -0.139. The van der Waals surface area contributed by atoms with Crippen molar-refractivity contribution in [2.75, 3.05) is 13.2 Å². The van der Waals surface area contributed by atoms with Crippen LogP contribution >= 0.6 is 11.3 Å². The van der Waals surface area contributed by atoms with Crippen molar-refractivity contribution in [3.63, 3.8) is 0 Å². The Morgan fingerprint density at radius 1 is 1.05 bits per heavy atom. The Morgan fingerprint density at radius 3 is 2.39 bits per heavy atom. The van der Waals surface area contributed by atoms with Crippen molar-refractivity contribution >= 4 is 29.4 Å². The highest BCUT2D eigenvalue weighted by molar-refractivity contribution is 7.07. The molecule has 0 aliphatic carbocycles. The molecule has 0 spiro atoms. The summed E-state index contributed by atoms with van der Waals surface area (Å²) >= 11 is 1.27. The maximum Gasteiger partial charge on any atom is 0.338 e. The van der Waals surface area contributed by atoms with Gasteiger partial charge in [-0.3, -0.25) is 14.2 Å². The fraction of sp³-hybridized carbons (Fsp3) is 0.375. The number of aromatic nitrogens is 1. The second kappa shape index (κ2) is 13.1. The number of benzene rings is 2. The summed E-state index contributed by atoms with van der Waals surface area (Å²) in [5, 5.41) is 0. The van der Waals surface area contributed by atoms with Gasteiger partial charge >= 0.3 is 11.9 Å². The predicted octanol–water partition coefficient (Wildman–Crippen LogP) is 5.03. The monoisotopic (exact) mass is 576 g/mol. The van der Waals surface area contributed by atoms with E-state index in [0.29, 0.717) is 56.6 Å². The molecule has 4 rings (SSSR count). The number of allylic oxidation sites excluding steroid dienone is 1. The van der Waals surface area contributed by atoms with Crippen LogP contribution in [0.1, 0.15) is 83.0 Å². The molecule has 2 heterocycles. The molecule has 2 aromatic carbocycles. The maximum absolute atomic E-state index is 14.0. The number of esters is 2. The first-order valence-corrected chi connectivity index (χ1v) is 14.8. The van der Waals surface area contributed by atoms with Gasteiger partial charge in [-0.25, -0.2) is 9.79 Å². The molecule has 0 bridgehead atoms. The number of carbonyl (C=O) groups excluding carboxylic acids is 2. The quantitative estimate of drug-likeness (QED) is 0.248. The minimum absolute atomic E-state index is 0.219. The number of hydrogen-bond acceptors (Lipinski definition) is 8. The van der Waals surface area contributed by atoms with Gasteiger partial charge in [0.25, 0.3) is 5.56 Å². The van der Waals surface area contributed by atoms with Gasteiger partial charge in [-0.15, -0.1) is 0 Å². The summed E-state index contributed by atoms with van der Waals surface area (Å²) in [6.45, 7) is 11.8. The molecule has 0 saturated heterocycles. The first-order valence-electron chi connectivity index (χ1n) is 13.9. The largest absolute Gasteiger partial charge is 0.490 e. The number of nitrogens with zero attached hydrogens (tertiary/aromatic N) is 2. The van der Waals surface area contributed by atoms with Crippen LogP contribution in [0.3, 0.4) is 0 Å². The summed E-state index contributed by atoms with van der Waals surface area (Å²) in [4.78, 5) is 44.2. The van der Waals surface area contributed by atoms with E-state index in [2.05, 4.69) is 13.8 Å². The van der Waals surface area contributed by atoms with Crippen molar-refractivity contribution in [2.45, 2.75) is 66.3 Å². The molecule has 41 heavy (non-hydrogen) atoms. The van der Waals surface area contributed by atoms with Crippen LogP contribution in [0.25, 0.3) is 6.08 Å². The van der Waals surface area contributed by atoms with Crippen LogP contribution in [0.2, 0.25) is 0 Å². The van der Waals surface area contributed by atoms with Gasteiger partial charge in [0.05, 0.1) is 35.1 Å². The summed E-state index contributed by atoms with van der Waals surface area (Å²) in [5.74, 6) is 0.145. The van der Waals surface area contributed by atoms with Gasteiger partial charge in [-0.1, -0.05) is 68.9 Å². The van der Waals surface area contributed by atoms with Crippen LogP contribution in [0.15, 0.2) is 63.5 Å². The zero-order chi connectivity index (χ0) is 29.7. The van der Waals surface area contributed by atoms with Crippen LogP contribution in [0, 0.1) is 0 Å². The molecule has 0 N–H and O–H groups in total. The van der Waals surface area contributed by atoms with Crippen LogP contribution in [-0.4, -0.2) is 29.7 Å². The molecule has 0 radical (unpaired) electrons. The normalized spacial score (nSPS) is 15.0. The average Bonchev–Trinajstić information content (AvgIpc) is 3.24. The summed E-state index contributed by atoms with van der Waals surface area (Å²) in [6.07, 6.45) is 3.12. The van der Waals surface area contributed by atoms with Crippen LogP contribution < -0.4 is 24.4 Å². The Balaban J connectivity index is 1.92. The SMILES string of the molecule is CCCC1=C(C(=O)OCC)[C@@H](c2ccc(C(C)C)cc2)n2c(s/c(=C\c3ccc(OC(C)=O)c(OCC)c3)c2=O)=N1. The highest BCUT2D eigenvalue weighted by atomic mass is 32.1. The van der Waals surface area contributed by atoms with E-state index in [1.807, 2.05) is 38.1 Å². The zero-order valence-corrected chi connectivity index (χ0v) is 25.2. The van der Waals surface area contributed by atoms with Crippen LogP contribution in [0.5, 0.6) is 11.5 Å². The summed E-state index contributed by atoms with van der Waals surface area (Å²) in [7, 11) is 0. The highest BCUT2D eigenvalue weighted by Crippen LogP contribution is 2.33. The maximum atomic E-state index is 14.0. The first kappa shape index (κ1) is 30.0. The van der Waals surface area contributed by atoms with Gasteiger partial charge in [0.1, 0.15) is 0 Å². The molecule has 0 amide bonds. The summed E-state index contributed by atoms with van der Waals surface area (Å²) in [6, 6.07) is 12.5. The van der Waals surface area contributed by atoms with Gasteiger partial charge < -0.3 is 14.2 Å². The Labute approximate surface area is 243 Å².